The maximum atomic E-state index is 3.92. The summed E-state index contributed by atoms with van der Waals surface area (Å²) in [6, 6.07) is 0.792. The first-order chi connectivity index (χ1) is 10.6. The van der Waals surface area contributed by atoms with E-state index < -0.39 is 0 Å². The normalized spacial score (nSPS) is 55.0. The Morgan fingerprint density at radius 1 is 0.955 bits per heavy atom. The van der Waals surface area contributed by atoms with Crippen molar-refractivity contribution in [3.63, 3.8) is 0 Å². The number of hydrogen-bond donors (Lipinski definition) is 2. The quantitative estimate of drug-likeness (QED) is 0.766. The zero-order valence-electron chi connectivity index (χ0n) is 15.0. The van der Waals surface area contributed by atoms with Gasteiger partial charge in [0.1, 0.15) is 0 Å². The molecule has 4 rings (SSSR count). The molecule has 0 aromatic heterocycles. The summed E-state index contributed by atoms with van der Waals surface area (Å²) >= 11 is 0. The van der Waals surface area contributed by atoms with Crippen molar-refractivity contribution in [2.45, 2.75) is 83.2 Å². The van der Waals surface area contributed by atoms with E-state index in [-0.39, 0.29) is 0 Å². The highest BCUT2D eigenvalue weighted by Gasteiger charge is 2.57. The Hall–Kier alpha value is -0.0800. The number of piperidine rings is 1. The smallest absolute Gasteiger partial charge is 0.0184 e. The molecule has 126 valence electrons. The molecule has 4 fully saturated rings. The van der Waals surface area contributed by atoms with E-state index in [1.165, 1.54) is 64.3 Å². The van der Waals surface area contributed by atoms with Crippen LogP contribution in [0.5, 0.6) is 0 Å². The Morgan fingerprint density at radius 2 is 1.82 bits per heavy atom. The van der Waals surface area contributed by atoms with E-state index >= 15 is 0 Å². The number of fused-ring (bicyclic) bond motifs is 5. The molecule has 0 bridgehead atoms. The highest BCUT2D eigenvalue weighted by Crippen LogP contribution is 2.62. The third-order valence-electron chi connectivity index (χ3n) is 8.68. The van der Waals surface area contributed by atoms with Crippen LogP contribution in [0.2, 0.25) is 0 Å². The Morgan fingerprint density at radius 3 is 2.64 bits per heavy atom. The first kappa shape index (κ1) is 15.4. The standard InChI is InChI=1S/C20H36N2/c1-19-10-8-15(21-3)13-14(19)6-7-16-17(19)9-11-20(2)18(16)5-4-12-22-20/h14-18,21-22H,4-13H2,1-3H3/t14-,15+,16+,17-,18-,19-,20-/m0/s1. The molecule has 1 aliphatic heterocycles. The molecule has 2 N–H and O–H groups in total. The van der Waals surface area contributed by atoms with Gasteiger partial charge in [-0.2, -0.15) is 0 Å². The van der Waals surface area contributed by atoms with Crippen molar-refractivity contribution in [2.75, 3.05) is 13.6 Å². The predicted octanol–water partition coefficient (Wildman–Crippen LogP) is 3.96. The Labute approximate surface area is 137 Å². The minimum Gasteiger partial charge on any atom is -0.317 e. The topological polar surface area (TPSA) is 24.1 Å². The van der Waals surface area contributed by atoms with Gasteiger partial charge in [-0.3, -0.25) is 0 Å². The van der Waals surface area contributed by atoms with Gasteiger partial charge >= 0.3 is 0 Å². The summed E-state index contributed by atoms with van der Waals surface area (Å²) in [4.78, 5) is 0. The van der Waals surface area contributed by atoms with E-state index in [0.29, 0.717) is 11.0 Å². The molecule has 3 saturated carbocycles. The second-order valence-electron chi connectivity index (χ2n) is 9.44. The summed E-state index contributed by atoms with van der Waals surface area (Å²) in [5.41, 5.74) is 1.11. The van der Waals surface area contributed by atoms with Crippen LogP contribution in [0.1, 0.15) is 71.6 Å². The van der Waals surface area contributed by atoms with E-state index in [0.717, 1.165) is 29.7 Å². The van der Waals surface area contributed by atoms with Crippen molar-refractivity contribution >= 4 is 0 Å². The van der Waals surface area contributed by atoms with Crippen LogP contribution in [0, 0.1) is 29.1 Å². The zero-order valence-corrected chi connectivity index (χ0v) is 15.0. The molecule has 4 aliphatic rings. The van der Waals surface area contributed by atoms with Crippen LogP contribution in [-0.2, 0) is 0 Å². The Balaban J connectivity index is 1.58. The summed E-state index contributed by atoms with van der Waals surface area (Å²) in [7, 11) is 2.17. The lowest BCUT2D eigenvalue weighted by atomic mass is 9.45. The molecule has 0 aromatic rings. The molecule has 0 unspecified atom stereocenters. The fraction of sp³-hybridized carbons (Fsp3) is 1.00. The number of rotatable bonds is 1. The lowest BCUT2D eigenvalue weighted by molar-refractivity contribution is -0.109. The SMILES string of the molecule is CN[C@@H]1CC[C@@]2(C)[C@@H](CC[C@@H]3[C@@H]2CC[C@]2(C)NCCC[C@@H]32)C1. The molecule has 1 saturated heterocycles. The predicted molar refractivity (Wildman–Crippen MR) is 92.9 cm³/mol. The molecule has 0 radical (unpaired) electrons. The maximum absolute atomic E-state index is 3.92. The van der Waals surface area contributed by atoms with Crippen LogP contribution in [0.15, 0.2) is 0 Å². The highest BCUT2D eigenvalue weighted by molar-refractivity contribution is 5.09. The van der Waals surface area contributed by atoms with Crippen molar-refractivity contribution in [2.24, 2.45) is 29.1 Å². The van der Waals surface area contributed by atoms with Crippen molar-refractivity contribution in [3.05, 3.63) is 0 Å². The molecule has 3 aliphatic carbocycles. The second kappa shape index (κ2) is 5.48. The molecule has 0 spiro atoms. The molecule has 7 atom stereocenters. The first-order valence-corrected chi connectivity index (χ1v) is 9.99. The monoisotopic (exact) mass is 304 g/mol. The van der Waals surface area contributed by atoms with Gasteiger partial charge in [-0.25, -0.2) is 0 Å². The van der Waals surface area contributed by atoms with Crippen molar-refractivity contribution < 1.29 is 0 Å². The van der Waals surface area contributed by atoms with Crippen LogP contribution in [0.3, 0.4) is 0 Å². The van der Waals surface area contributed by atoms with Gasteiger partial charge in [0.05, 0.1) is 0 Å². The van der Waals surface area contributed by atoms with E-state index in [4.69, 9.17) is 0 Å². The van der Waals surface area contributed by atoms with Gasteiger partial charge in [0, 0.05) is 11.6 Å². The van der Waals surface area contributed by atoms with Gasteiger partial charge in [-0.1, -0.05) is 6.92 Å². The summed E-state index contributed by atoms with van der Waals surface area (Å²) in [6.45, 7) is 6.48. The van der Waals surface area contributed by atoms with E-state index in [1.54, 1.807) is 0 Å². The Kier molecular flexibility index (Phi) is 3.85. The van der Waals surface area contributed by atoms with Gasteiger partial charge in [0.2, 0.25) is 0 Å². The molecule has 1 heterocycles. The van der Waals surface area contributed by atoms with E-state index in [1.807, 2.05) is 0 Å². The molecular formula is C20H36N2. The summed E-state index contributed by atoms with van der Waals surface area (Å²) in [5.74, 6) is 3.97. The number of nitrogens with one attached hydrogen (secondary N) is 2. The molecule has 2 heteroatoms. The second-order valence-corrected chi connectivity index (χ2v) is 9.44. The van der Waals surface area contributed by atoms with E-state index in [2.05, 4.69) is 31.5 Å². The fourth-order valence-electron chi connectivity index (χ4n) is 7.29. The molecular weight excluding hydrogens is 268 g/mol. The minimum atomic E-state index is 0.463. The fourth-order valence-corrected chi connectivity index (χ4v) is 7.29. The number of hydrogen-bond acceptors (Lipinski definition) is 2. The van der Waals surface area contributed by atoms with Gasteiger partial charge < -0.3 is 10.6 Å². The molecule has 22 heavy (non-hydrogen) atoms. The first-order valence-electron chi connectivity index (χ1n) is 9.99. The van der Waals surface area contributed by atoms with E-state index in [9.17, 15) is 0 Å². The molecule has 0 amide bonds. The lowest BCUT2D eigenvalue weighted by Gasteiger charge is -2.62. The van der Waals surface area contributed by atoms with Gasteiger partial charge in [0.15, 0.2) is 0 Å². The average molecular weight is 305 g/mol. The summed E-state index contributed by atoms with van der Waals surface area (Å²) < 4.78 is 0. The zero-order chi connectivity index (χ0) is 15.4. The highest BCUT2D eigenvalue weighted by atomic mass is 15.0. The van der Waals surface area contributed by atoms with Gasteiger partial charge in [-0.05, 0) is 107 Å². The molecule has 0 aromatic carbocycles. The van der Waals surface area contributed by atoms with Crippen molar-refractivity contribution in [1.29, 1.82) is 0 Å². The molecule has 2 nitrogen and oxygen atoms in total. The third-order valence-corrected chi connectivity index (χ3v) is 8.68. The maximum Gasteiger partial charge on any atom is 0.0184 e. The van der Waals surface area contributed by atoms with Crippen molar-refractivity contribution in [3.8, 4) is 0 Å². The van der Waals surface area contributed by atoms with Crippen LogP contribution in [0.25, 0.3) is 0 Å². The minimum absolute atomic E-state index is 0.463. The van der Waals surface area contributed by atoms with Crippen LogP contribution in [-0.4, -0.2) is 25.2 Å². The lowest BCUT2D eigenvalue weighted by Crippen LogP contribution is -2.62. The third kappa shape index (κ3) is 2.20. The van der Waals surface area contributed by atoms with Crippen LogP contribution in [0.4, 0.5) is 0 Å². The van der Waals surface area contributed by atoms with Gasteiger partial charge in [0.25, 0.3) is 0 Å². The van der Waals surface area contributed by atoms with Crippen LogP contribution < -0.4 is 10.6 Å². The Bertz CT molecular complexity index is 422. The summed E-state index contributed by atoms with van der Waals surface area (Å²) in [5, 5.41) is 7.49. The van der Waals surface area contributed by atoms with Crippen LogP contribution >= 0.6 is 0 Å². The van der Waals surface area contributed by atoms with Crippen molar-refractivity contribution in [1.82, 2.24) is 10.6 Å². The van der Waals surface area contributed by atoms with Gasteiger partial charge in [-0.15, -0.1) is 0 Å². The average Bonchev–Trinajstić information content (AvgIpc) is 2.53. The largest absolute Gasteiger partial charge is 0.317 e. The summed E-state index contributed by atoms with van der Waals surface area (Å²) in [6.07, 6.45) is 13.2.